The summed E-state index contributed by atoms with van der Waals surface area (Å²) >= 11 is 0. The Kier molecular flexibility index (Phi) is 7.13. The molecule has 0 atom stereocenters. The van der Waals surface area contributed by atoms with Gasteiger partial charge in [0.05, 0.1) is 6.54 Å². The lowest BCUT2D eigenvalue weighted by atomic mass is 9.82. The molecule has 1 aliphatic rings. The van der Waals surface area contributed by atoms with Gasteiger partial charge in [-0.3, -0.25) is 19.9 Å². The maximum absolute atomic E-state index is 14.0. The van der Waals surface area contributed by atoms with E-state index in [2.05, 4.69) is 5.32 Å². The van der Waals surface area contributed by atoms with Crippen molar-refractivity contribution in [3.05, 3.63) is 142 Å². The topological polar surface area (TPSA) is 76.5 Å². The molecule has 0 aromatic heterocycles. The second-order valence-electron chi connectivity index (χ2n) is 9.62. The summed E-state index contributed by atoms with van der Waals surface area (Å²) in [6.45, 7) is 0.262. The first kappa shape index (κ1) is 26.7. The number of rotatable bonds is 7. The first-order valence-electron chi connectivity index (χ1n) is 12.5. The van der Waals surface area contributed by atoms with Gasteiger partial charge < -0.3 is 10.2 Å². The first-order chi connectivity index (χ1) is 19.2. The molecule has 0 saturated carbocycles. The molecule has 4 aromatic rings. The molecular formula is C31H25F3N4O2. The number of carbonyl (C=O) groups excluding carboxylic acids is 2. The Labute approximate surface area is 229 Å². The monoisotopic (exact) mass is 542 g/mol. The maximum atomic E-state index is 14.0. The zero-order valence-corrected chi connectivity index (χ0v) is 21.5. The van der Waals surface area contributed by atoms with Crippen LogP contribution in [0.2, 0.25) is 0 Å². The average molecular weight is 543 g/mol. The number of nitrogens with zero attached hydrogens (tertiary/aromatic N) is 2. The van der Waals surface area contributed by atoms with Crippen LogP contribution < -0.4 is 5.32 Å². The van der Waals surface area contributed by atoms with Crippen LogP contribution in [0.25, 0.3) is 0 Å². The Bertz CT molecular complexity index is 1530. The molecule has 0 bridgehead atoms. The van der Waals surface area contributed by atoms with Crippen LogP contribution in [0.15, 0.2) is 97.1 Å². The summed E-state index contributed by atoms with van der Waals surface area (Å²) in [6.07, 6.45) is 0. The molecule has 0 radical (unpaired) electrons. The van der Waals surface area contributed by atoms with E-state index in [0.717, 1.165) is 5.56 Å². The predicted molar refractivity (Wildman–Crippen MR) is 144 cm³/mol. The Morgan fingerprint density at radius 1 is 0.825 bits per heavy atom. The van der Waals surface area contributed by atoms with Crippen molar-refractivity contribution in [2.75, 3.05) is 7.05 Å². The van der Waals surface area contributed by atoms with Gasteiger partial charge in [-0.1, -0.05) is 48.5 Å². The van der Waals surface area contributed by atoms with Crippen LogP contribution in [-0.4, -0.2) is 34.6 Å². The molecule has 40 heavy (non-hydrogen) atoms. The highest BCUT2D eigenvalue weighted by molar-refractivity contribution is 6.10. The molecule has 0 aliphatic carbocycles. The van der Waals surface area contributed by atoms with Gasteiger partial charge in [0.2, 0.25) is 0 Å². The number of halogens is 3. The van der Waals surface area contributed by atoms with Gasteiger partial charge in [0.25, 0.3) is 11.8 Å². The van der Waals surface area contributed by atoms with E-state index in [1.807, 2.05) is 0 Å². The smallest absolute Gasteiger partial charge is 0.264 e. The van der Waals surface area contributed by atoms with Crippen LogP contribution >= 0.6 is 0 Å². The summed E-state index contributed by atoms with van der Waals surface area (Å²) < 4.78 is 40.7. The van der Waals surface area contributed by atoms with Crippen molar-refractivity contribution in [1.29, 1.82) is 5.41 Å². The Hall–Kier alpha value is -4.92. The van der Waals surface area contributed by atoms with E-state index in [4.69, 9.17) is 5.41 Å². The number of hydrogen-bond acceptors (Lipinski definition) is 3. The molecule has 2 N–H and O–H groups in total. The third kappa shape index (κ3) is 5.05. The number of hydrogen-bond donors (Lipinski definition) is 2. The van der Waals surface area contributed by atoms with Crippen molar-refractivity contribution in [1.82, 2.24) is 15.1 Å². The summed E-state index contributed by atoms with van der Waals surface area (Å²) in [4.78, 5) is 29.9. The van der Waals surface area contributed by atoms with Gasteiger partial charge in [-0.15, -0.1) is 0 Å². The van der Waals surface area contributed by atoms with Crippen molar-refractivity contribution in [3.8, 4) is 0 Å². The first-order valence-corrected chi connectivity index (χ1v) is 12.5. The van der Waals surface area contributed by atoms with Crippen LogP contribution in [0.3, 0.4) is 0 Å². The molecule has 1 heterocycles. The molecule has 202 valence electrons. The number of guanidine groups is 1. The van der Waals surface area contributed by atoms with E-state index in [0.29, 0.717) is 22.3 Å². The lowest BCUT2D eigenvalue weighted by Crippen LogP contribution is -2.45. The SMILES string of the molecule is CN(Cc1ccc(F)cc1)C(=O)c1cccc(CN2C(=N)NC(c3ccc(F)cc3)(c3ccc(F)cc3)C2=O)c1. The average Bonchev–Trinajstić information content (AvgIpc) is 3.20. The second-order valence-corrected chi connectivity index (χ2v) is 9.62. The molecule has 6 nitrogen and oxygen atoms in total. The number of benzene rings is 4. The van der Waals surface area contributed by atoms with Gasteiger partial charge >= 0.3 is 0 Å². The van der Waals surface area contributed by atoms with E-state index in [1.54, 1.807) is 43.4 Å². The van der Waals surface area contributed by atoms with E-state index >= 15 is 0 Å². The van der Waals surface area contributed by atoms with Crippen LogP contribution in [0, 0.1) is 22.9 Å². The molecular weight excluding hydrogens is 517 g/mol. The molecule has 1 fully saturated rings. The number of amides is 2. The van der Waals surface area contributed by atoms with Crippen molar-refractivity contribution >= 4 is 17.8 Å². The lowest BCUT2D eigenvalue weighted by Gasteiger charge is -2.28. The largest absolute Gasteiger partial charge is 0.337 e. The van der Waals surface area contributed by atoms with Gasteiger partial charge in [0.15, 0.2) is 11.5 Å². The number of nitrogens with one attached hydrogen (secondary N) is 2. The molecule has 4 aromatic carbocycles. The van der Waals surface area contributed by atoms with Crippen molar-refractivity contribution < 1.29 is 22.8 Å². The summed E-state index contributed by atoms with van der Waals surface area (Å²) in [5.41, 5.74) is 0.981. The van der Waals surface area contributed by atoms with Gasteiger partial charge in [-0.25, -0.2) is 13.2 Å². The molecule has 0 spiro atoms. The standard InChI is InChI=1S/C31H25F3N4O2/c1-37(18-20-5-11-25(32)12-6-20)28(39)22-4-2-3-21(17-22)19-38-29(40)31(36-30(38)35,23-7-13-26(33)14-8-23)24-9-15-27(34)16-10-24/h2-17H,18-19H2,1H3,(H2,35,36). The highest BCUT2D eigenvalue weighted by Crippen LogP contribution is 2.36. The molecule has 0 unspecified atom stereocenters. The fourth-order valence-electron chi connectivity index (χ4n) is 4.85. The summed E-state index contributed by atoms with van der Waals surface area (Å²) in [5, 5.41) is 11.6. The van der Waals surface area contributed by atoms with Crippen LogP contribution in [-0.2, 0) is 23.4 Å². The maximum Gasteiger partial charge on any atom is 0.264 e. The quantitative estimate of drug-likeness (QED) is 0.338. The van der Waals surface area contributed by atoms with Crippen LogP contribution in [0.4, 0.5) is 13.2 Å². The summed E-state index contributed by atoms with van der Waals surface area (Å²) in [5.74, 6) is -2.28. The van der Waals surface area contributed by atoms with E-state index in [1.165, 1.54) is 70.5 Å². The minimum Gasteiger partial charge on any atom is -0.337 e. The normalized spacial score (nSPS) is 14.2. The fourth-order valence-corrected chi connectivity index (χ4v) is 4.85. The predicted octanol–water partition coefficient (Wildman–Crippen LogP) is 5.19. The Morgan fingerprint density at radius 3 is 1.90 bits per heavy atom. The number of carbonyl (C=O) groups is 2. The minimum atomic E-state index is -1.57. The highest BCUT2D eigenvalue weighted by Gasteiger charge is 2.52. The Morgan fingerprint density at radius 2 is 1.35 bits per heavy atom. The van der Waals surface area contributed by atoms with Gasteiger partial charge in [-0.2, -0.15) is 0 Å². The molecule has 2 amide bonds. The zero-order chi connectivity index (χ0) is 28.4. The highest BCUT2D eigenvalue weighted by atomic mass is 19.1. The fraction of sp³-hybridized carbons (Fsp3) is 0.129. The minimum absolute atomic E-state index is 0.0163. The van der Waals surface area contributed by atoms with Gasteiger partial charge in [0, 0.05) is 19.2 Å². The van der Waals surface area contributed by atoms with E-state index < -0.39 is 23.1 Å². The van der Waals surface area contributed by atoms with Crippen LogP contribution in [0.5, 0.6) is 0 Å². The summed E-state index contributed by atoms with van der Waals surface area (Å²) in [7, 11) is 1.64. The Balaban J connectivity index is 1.41. The van der Waals surface area contributed by atoms with E-state index in [-0.39, 0.29) is 30.8 Å². The lowest BCUT2D eigenvalue weighted by molar-refractivity contribution is -0.130. The van der Waals surface area contributed by atoms with Gasteiger partial charge in [-0.05, 0) is 70.8 Å². The molecule has 5 rings (SSSR count). The molecule has 1 aliphatic heterocycles. The summed E-state index contributed by atoms with van der Waals surface area (Å²) in [6, 6.07) is 23.3. The van der Waals surface area contributed by atoms with Crippen molar-refractivity contribution in [2.24, 2.45) is 0 Å². The molecule has 1 saturated heterocycles. The van der Waals surface area contributed by atoms with Crippen molar-refractivity contribution in [2.45, 2.75) is 18.6 Å². The zero-order valence-electron chi connectivity index (χ0n) is 21.5. The molecule has 9 heteroatoms. The van der Waals surface area contributed by atoms with Crippen LogP contribution in [0.1, 0.15) is 32.6 Å². The second kappa shape index (κ2) is 10.7. The third-order valence-electron chi connectivity index (χ3n) is 6.89. The van der Waals surface area contributed by atoms with E-state index in [9.17, 15) is 22.8 Å². The van der Waals surface area contributed by atoms with Crippen molar-refractivity contribution in [3.63, 3.8) is 0 Å². The third-order valence-corrected chi connectivity index (χ3v) is 6.89. The van der Waals surface area contributed by atoms with Gasteiger partial charge in [0.1, 0.15) is 17.5 Å².